The van der Waals surface area contributed by atoms with Gasteiger partial charge in [0.25, 0.3) is 0 Å². The lowest BCUT2D eigenvalue weighted by molar-refractivity contribution is 0.720. The molecule has 1 aliphatic heterocycles. The Hall–Kier alpha value is -1.51. The Morgan fingerprint density at radius 2 is 1.86 bits per heavy atom. The maximum atomic E-state index is 4.39. The van der Waals surface area contributed by atoms with E-state index in [4.69, 9.17) is 0 Å². The summed E-state index contributed by atoms with van der Waals surface area (Å²) in [4.78, 5) is 4.39. The monoisotopic (exact) mass is 189 g/mol. The zero-order valence-electron chi connectivity index (χ0n) is 8.16. The molecule has 0 saturated carbocycles. The van der Waals surface area contributed by atoms with E-state index in [2.05, 4.69) is 15.8 Å². The van der Waals surface area contributed by atoms with Crippen LogP contribution in [0, 0.1) is 0 Å². The van der Waals surface area contributed by atoms with Crippen LogP contribution in [0.1, 0.15) is 19.3 Å². The Labute approximate surface area is 84.2 Å². The molecule has 1 aromatic carbocycles. The Kier molecular flexibility index (Phi) is 3.01. The third-order valence-corrected chi connectivity index (χ3v) is 2.25. The summed E-state index contributed by atoms with van der Waals surface area (Å²) in [6.07, 6.45) is 3.51. The van der Waals surface area contributed by atoms with Crippen molar-refractivity contribution in [1.82, 2.24) is 5.43 Å². The van der Waals surface area contributed by atoms with E-state index < -0.39 is 0 Å². The van der Waals surface area contributed by atoms with Crippen molar-refractivity contribution in [2.75, 3.05) is 12.0 Å². The second-order valence-electron chi connectivity index (χ2n) is 3.40. The zero-order chi connectivity index (χ0) is 9.64. The number of nitrogens with zero attached hydrogens (tertiary/aromatic N) is 1. The lowest BCUT2D eigenvalue weighted by Crippen LogP contribution is -2.31. The van der Waals surface area contributed by atoms with Crippen LogP contribution in [0.5, 0.6) is 0 Å². The van der Waals surface area contributed by atoms with Crippen LogP contribution < -0.4 is 10.9 Å². The van der Waals surface area contributed by atoms with Gasteiger partial charge >= 0.3 is 0 Å². The standard InChI is InChI=1S/C11H15N3/c1-2-6-10(7-3-1)13-14-11-8-4-5-9-12-11/h1-3,6-7,13H,4-5,8-9H2,(H,12,14). The number of hydrogen-bond acceptors (Lipinski definition) is 3. The van der Waals surface area contributed by atoms with Gasteiger partial charge in [0.1, 0.15) is 5.84 Å². The van der Waals surface area contributed by atoms with Gasteiger partial charge in [0.05, 0.1) is 5.69 Å². The van der Waals surface area contributed by atoms with Crippen LogP contribution in [0.15, 0.2) is 35.3 Å². The number of aliphatic imine (C=N–C) groups is 1. The molecule has 2 rings (SSSR count). The fourth-order valence-electron chi connectivity index (χ4n) is 1.47. The molecule has 1 aliphatic rings. The Morgan fingerprint density at radius 3 is 2.57 bits per heavy atom. The minimum atomic E-state index is 0.957. The van der Waals surface area contributed by atoms with Crippen molar-refractivity contribution in [2.45, 2.75) is 19.3 Å². The lowest BCUT2D eigenvalue weighted by atomic mass is 10.2. The van der Waals surface area contributed by atoms with Gasteiger partial charge in [0, 0.05) is 13.0 Å². The molecule has 2 N–H and O–H groups in total. The van der Waals surface area contributed by atoms with Crippen LogP contribution in [-0.2, 0) is 0 Å². The molecule has 0 unspecified atom stereocenters. The largest absolute Gasteiger partial charge is 0.300 e. The first kappa shape index (κ1) is 9.06. The predicted octanol–water partition coefficient (Wildman–Crippen LogP) is 2.19. The molecular formula is C11H15N3. The van der Waals surface area contributed by atoms with Gasteiger partial charge in [-0.25, -0.2) is 0 Å². The molecule has 14 heavy (non-hydrogen) atoms. The number of nitrogens with one attached hydrogen (secondary N) is 2. The second kappa shape index (κ2) is 4.65. The van der Waals surface area contributed by atoms with Gasteiger partial charge in [-0.3, -0.25) is 15.8 Å². The van der Waals surface area contributed by atoms with Crippen molar-refractivity contribution in [3.63, 3.8) is 0 Å². The molecule has 0 spiro atoms. The topological polar surface area (TPSA) is 36.4 Å². The highest BCUT2D eigenvalue weighted by Gasteiger charge is 2.03. The number of benzene rings is 1. The first-order chi connectivity index (χ1) is 6.95. The quantitative estimate of drug-likeness (QED) is 0.700. The molecule has 0 aromatic heterocycles. The highest BCUT2D eigenvalue weighted by Crippen LogP contribution is 2.06. The smallest absolute Gasteiger partial charge is 0.115 e. The van der Waals surface area contributed by atoms with Crippen LogP contribution in [0.4, 0.5) is 5.69 Å². The van der Waals surface area contributed by atoms with Crippen molar-refractivity contribution in [2.24, 2.45) is 4.99 Å². The molecule has 1 aromatic rings. The number of para-hydroxylation sites is 1. The fourth-order valence-corrected chi connectivity index (χ4v) is 1.47. The molecule has 74 valence electrons. The minimum absolute atomic E-state index is 0.957. The van der Waals surface area contributed by atoms with E-state index in [9.17, 15) is 0 Å². The summed E-state index contributed by atoms with van der Waals surface area (Å²) in [7, 11) is 0. The van der Waals surface area contributed by atoms with Crippen LogP contribution in [0.25, 0.3) is 0 Å². The van der Waals surface area contributed by atoms with Crippen LogP contribution in [-0.4, -0.2) is 12.4 Å². The first-order valence-electron chi connectivity index (χ1n) is 5.05. The van der Waals surface area contributed by atoms with Gasteiger partial charge in [0.15, 0.2) is 0 Å². The third-order valence-electron chi connectivity index (χ3n) is 2.25. The third kappa shape index (κ3) is 2.49. The number of hydrogen-bond donors (Lipinski definition) is 2. The SMILES string of the molecule is c1ccc(NNC2=NCCCC2)cc1. The second-order valence-corrected chi connectivity index (χ2v) is 3.40. The van der Waals surface area contributed by atoms with Crippen molar-refractivity contribution < 1.29 is 0 Å². The van der Waals surface area contributed by atoms with E-state index >= 15 is 0 Å². The molecule has 0 saturated heterocycles. The average Bonchev–Trinajstić information content (AvgIpc) is 2.29. The maximum Gasteiger partial charge on any atom is 0.115 e. The summed E-state index contributed by atoms with van der Waals surface area (Å²) >= 11 is 0. The van der Waals surface area contributed by atoms with E-state index in [1.54, 1.807) is 0 Å². The Balaban J connectivity index is 1.85. The summed E-state index contributed by atoms with van der Waals surface area (Å²) < 4.78 is 0. The highest BCUT2D eigenvalue weighted by molar-refractivity contribution is 5.83. The van der Waals surface area contributed by atoms with E-state index in [1.165, 1.54) is 12.8 Å². The molecule has 0 bridgehead atoms. The number of rotatable bonds is 2. The van der Waals surface area contributed by atoms with Gasteiger partial charge in [0.2, 0.25) is 0 Å². The summed E-state index contributed by atoms with van der Waals surface area (Å²) in [6, 6.07) is 10.1. The summed E-state index contributed by atoms with van der Waals surface area (Å²) in [6.45, 7) is 0.957. The molecule has 0 radical (unpaired) electrons. The van der Waals surface area contributed by atoms with Crippen molar-refractivity contribution in [3.05, 3.63) is 30.3 Å². The summed E-state index contributed by atoms with van der Waals surface area (Å²) in [5, 5.41) is 0. The normalized spacial score (nSPS) is 15.9. The van der Waals surface area contributed by atoms with E-state index in [0.717, 1.165) is 24.5 Å². The van der Waals surface area contributed by atoms with E-state index in [-0.39, 0.29) is 0 Å². The summed E-state index contributed by atoms with van der Waals surface area (Å²) in [5.41, 5.74) is 7.34. The predicted molar refractivity (Wildman–Crippen MR) is 59.4 cm³/mol. The molecule has 0 amide bonds. The molecule has 1 heterocycles. The van der Waals surface area contributed by atoms with Gasteiger partial charge in [-0.05, 0) is 25.0 Å². The summed E-state index contributed by atoms with van der Waals surface area (Å²) in [5.74, 6) is 1.07. The molecule has 3 nitrogen and oxygen atoms in total. The number of amidine groups is 1. The molecule has 3 heteroatoms. The molecule has 0 atom stereocenters. The van der Waals surface area contributed by atoms with Crippen molar-refractivity contribution >= 4 is 11.5 Å². The fraction of sp³-hybridized carbons (Fsp3) is 0.364. The number of anilines is 1. The van der Waals surface area contributed by atoms with Gasteiger partial charge in [-0.15, -0.1) is 0 Å². The van der Waals surface area contributed by atoms with Crippen LogP contribution in [0.3, 0.4) is 0 Å². The Morgan fingerprint density at radius 1 is 1.00 bits per heavy atom. The molecular weight excluding hydrogens is 174 g/mol. The van der Waals surface area contributed by atoms with Crippen LogP contribution in [0.2, 0.25) is 0 Å². The highest BCUT2D eigenvalue weighted by atomic mass is 15.4. The minimum Gasteiger partial charge on any atom is -0.300 e. The van der Waals surface area contributed by atoms with Crippen molar-refractivity contribution in [3.8, 4) is 0 Å². The first-order valence-corrected chi connectivity index (χ1v) is 5.05. The van der Waals surface area contributed by atoms with Crippen molar-refractivity contribution in [1.29, 1.82) is 0 Å². The van der Waals surface area contributed by atoms with Crippen LogP contribution >= 0.6 is 0 Å². The van der Waals surface area contributed by atoms with Gasteiger partial charge < -0.3 is 0 Å². The lowest BCUT2D eigenvalue weighted by Gasteiger charge is -2.15. The van der Waals surface area contributed by atoms with Gasteiger partial charge in [-0.2, -0.15) is 0 Å². The molecule has 0 fully saturated rings. The average molecular weight is 189 g/mol. The van der Waals surface area contributed by atoms with E-state index in [1.807, 2.05) is 30.3 Å². The molecule has 0 aliphatic carbocycles. The maximum absolute atomic E-state index is 4.39. The number of hydrazine groups is 1. The zero-order valence-corrected chi connectivity index (χ0v) is 8.16. The van der Waals surface area contributed by atoms with E-state index in [0.29, 0.717) is 0 Å². The Bertz CT molecular complexity index is 306. The van der Waals surface area contributed by atoms with Gasteiger partial charge in [-0.1, -0.05) is 18.2 Å².